The molecule has 1 rings (SSSR count). The molecule has 0 aromatic heterocycles. The maximum absolute atomic E-state index is 11.4. The Balaban J connectivity index is 3.51. The van der Waals surface area contributed by atoms with E-state index < -0.39 is 10.9 Å². The van der Waals surface area contributed by atoms with Crippen LogP contribution in [0.3, 0.4) is 0 Å². The maximum atomic E-state index is 11.4. The SMILES string of the molecule is CCc1cc(C#N)c([N+](=O)[O-])cc1C(=O)OC. The zero-order chi connectivity index (χ0) is 13.0. The van der Waals surface area contributed by atoms with E-state index in [1.807, 2.05) is 0 Å². The number of carbonyl (C=O) groups is 1. The normalized spacial score (nSPS) is 9.47. The third-order valence-corrected chi connectivity index (χ3v) is 2.32. The standard InChI is InChI=1S/C11H10N2O4/c1-3-7-4-8(6-12)10(13(15)16)5-9(7)11(14)17-2/h4-5H,3H2,1-2H3. The molecule has 0 fully saturated rings. The summed E-state index contributed by atoms with van der Waals surface area (Å²) in [5.41, 5.74) is 0.240. The molecule has 0 N–H and O–H groups in total. The summed E-state index contributed by atoms with van der Waals surface area (Å²) in [6.07, 6.45) is 0.483. The number of methoxy groups -OCH3 is 1. The quantitative estimate of drug-likeness (QED) is 0.451. The molecule has 0 saturated heterocycles. The molecule has 0 atom stereocenters. The monoisotopic (exact) mass is 234 g/mol. The number of esters is 1. The third-order valence-electron chi connectivity index (χ3n) is 2.32. The Morgan fingerprint density at radius 2 is 2.24 bits per heavy atom. The van der Waals surface area contributed by atoms with Crippen molar-refractivity contribution in [3.63, 3.8) is 0 Å². The highest BCUT2D eigenvalue weighted by Gasteiger charge is 2.21. The zero-order valence-corrected chi connectivity index (χ0v) is 9.39. The lowest BCUT2D eigenvalue weighted by Crippen LogP contribution is -2.07. The molecule has 0 heterocycles. The predicted molar refractivity (Wildman–Crippen MR) is 58.5 cm³/mol. The number of hydrogen-bond donors (Lipinski definition) is 0. The van der Waals surface area contributed by atoms with Crippen LogP contribution in [0.25, 0.3) is 0 Å². The number of nitriles is 1. The summed E-state index contributed by atoms with van der Waals surface area (Å²) < 4.78 is 4.54. The minimum absolute atomic E-state index is 0.0560. The Labute approximate surface area is 97.6 Å². The average Bonchev–Trinajstić information content (AvgIpc) is 2.35. The smallest absolute Gasteiger partial charge is 0.338 e. The number of benzene rings is 1. The van der Waals surface area contributed by atoms with E-state index in [2.05, 4.69) is 4.74 Å². The van der Waals surface area contributed by atoms with Crippen molar-refractivity contribution in [3.8, 4) is 6.07 Å². The fourth-order valence-corrected chi connectivity index (χ4v) is 1.47. The Bertz CT molecular complexity index is 517. The van der Waals surface area contributed by atoms with Gasteiger partial charge in [0.15, 0.2) is 0 Å². The van der Waals surface area contributed by atoms with E-state index in [0.717, 1.165) is 6.07 Å². The van der Waals surface area contributed by atoms with Gasteiger partial charge in [-0.25, -0.2) is 4.79 Å². The number of nitro benzene ring substituents is 1. The molecule has 6 heteroatoms. The lowest BCUT2D eigenvalue weighted by Gasteiger charge is -2.06. The van der Waals surface area contributed by atoms with Crippen LogP contribution in [0, 0.1) is 21.4 Å². The molecular weight excluding hydrogens is 224 g/mol. The van der Waals surface area contributed by atoms with Crippen LogP contribution in [0.5, 0.6) is 0 Å². The molecule has 0 saturated carbocycles. The van der Waals surface area contributed by atoms with Gasteiger partial charge in [-0.2, -0.15) is 5.26 Å². The van der Waals surface area contributed by atoms with E-state index in [0.29, 0.717) is 12.0 Å². The van der Waals surface area contributed by atoms with Crippen LogP contribution in [-0.4, -0.2) is 18.0 Å². The van der Waals surface area contributed by atoms with Gasteiger partial charge in [0.25, 0.3) is 5.69 Å². The van der Waals surface area contributed by atoms with Gasteiger partial charge in [0.1, 0.15) is 11.6 Å². The molecule has 17 heavy (non-hydrogen) atoms. The first-order valence-electron chi connectivity index (χ1n) is 4.84. The molecule has 1 aromatic rings. The number of hydrogen-bond acceptors (Lipinski definition) is 5. The highest BCUT2D eigenvalue weighted by atomic mass is 16.6. The molecule has 0 bridgehead atoms. The van der Waals surface area contributed by atoms with Gasteiger partial charge in [0.2, 0.25) is 0 Å². The van der Waals surface area contributed by atoms with Gasteiger partial charge in [0.05, 0.1) is 17.6 Å². The first kappa shape index (κ1) is 12.6. The van der Waals surface area contributed by atoms with Gasteiger partial charge >= 0.3 is 5.97 Å². The molecular formula is C11H10N2O4. The van der Waals surface area contributed by atoms with Crippen LogP contribution in [0.4, 0.5) is 5.69 Å². The number of ether oxygens (including phenoxy) is 1. The molecule has 1 aromatic carbocycles. The molecule has 88 valence electrons. The minimum atomic E-state index is -0.690. The first-order valence-corrected chi connectivity index (χ1v) is 4.84. The van der Waals surface area contributed by atoms with Gasteiger partial charge in [-0.15, -0.1) is 0 Å². The van der Waals surface area contributed by atoms with Crippen molar-refractivity contribution in [2.24, 2.45) is 0 Å². The van der Waals surface area contributed by atoms with Crippen LogP contribution >= 0.6 is 0 Å². The van der Waals surface area contributed by atoms with Crippen molar-refractivity contribution in [3.05, 3.63) is 38.9 Å². The second-order valence-electron chi connectivity index (χ2n) is 3.24. The van der Waals surface area contributed by atoms with Crippen molar-refractivity contribution < 1.29 is 14.5 Å². The van der Waals surface area contributed by atoms with E-state index in [9.17, 15) is 14.9 Å². The maximum Gasteiger partial charge on any atom is 0.338 e. The lowest BCUT2D eigenvalue weighted by molar-refractivity contribution is -0.385. The largest absolute Gasteiger partial charge is 0.465 e. The van der Waals surface area contributed by atoms with E-state index >= 15 is 0 Å². The Kier molecular flexibility index (Phi) is 3.78. The lowest BCUT2D eigenvalue weighted by atomic mass is 10.0. The highest BCUT2D eigenvalue weighted by molar-refractivity contribution is 5.92. The summed E-state index contributed by atoms with van der Waals surface area (Å²) in [5.74, 6) is -0.644. The summed E-state index contributed by atoms with van der Waals surface area (Å²) in [4.78, 5) is 21.5. The molecule has 0 aliphatic carbocycles. The first-order chi connectivity index (χ1) is 8.04. The summed E-state index contributed by atoms with van der Waals surface area (Å²) in [7, 11) is 1.20. The molecule has 0 radical (unpaired) electrons. The highest BCUT2D eigenvalue weighted by Crippen LogP contribution is 2.24. The van der Waals surface area contributed by atoms with Gasteiger partial charge in [0, 0.05) is 6.07 Å². The van der Waals surface area contributed by atoms with Crippen molar-refractivity contribution in [2.45, 2.75) is 13.3 Å². The number of nitro groups is 1. The van der Waals surface area contributed by atoms with Crippen LogP contribution in [0.2, 0.25) is 0 Å². The average molecular weight is 234 g/mol. The Morgan fingerprint density at radius 3 is 2.65 bits per heavy atom. The molecule has 0 amide bonds. The summed E-state index contributed by atoms with van der Waals surface area (Å²) >= 11 is 0. The van der Waals surface area contributed by atoms with Crippen LogP contribution < -0.4 is 0 Å². The fraction of sp³-hybridized carbons (Fsp3) is 0.273. The van der Waals surface area contributed by atoms with E-state index in [4.69, 9.17) is 5.26 Å². The summed E-state index contributed by atoms with van der Waals surface area (Å²) in [6.45, 7) is 1.79. The Hall–Kier alpha value is -2.42. The van der Waals surface area contributed by atoms with Gasteiger partial charge in [-0.05, 0) is 18.1 Å². The molecule has 0 unspecified atom stereocenters. The van der Waals surface area contributed by atoms with Crippen LogP contribution in [0.1, 0.15) is 28.4 Å². The van der Waals surface area contributed by atoms with Gasteiger partial charge < -0.3 is 4.74 Å². The van der Waals surface area contributed by atoms with E-state index in [1.54, 1.807) is 13.0 Å². The van der Waals surface area contributed by atoms with Gasteiger partial charge in [-0.3, -0.25) is 10.1 Å². The summed E-state index contributed by atoms with van der Waals surface area (Å²) in [6, 6.07) is 4.18. The second-order valence-corrected chi connectivity index (χ2v) is 3.24. The second kappa shape index (κ2) is 5.07. The topological polar surface area (TPSA) is 93.2 Å². The number of rotatable bonds is 3. The van der Waals surface area contributed by atoms with Crippen molar-refractivity contribution >= 4 is 11.7 Å². The van der Waals surface area contributed by atoms with Crippen molar-refractivity contribution in [1.29, 1.82) is 5.26 Å². The number of aryl methyl sites for hydroxylation is 1. The number of nitrogens with zero attached hydrogens (tertiary/aromatic N) is 2. The van der Waals surface area contributed by atoms with Crippen LogP contribution in [0.15, 0.2) is 12.1 Å². The van der Waals surface area contributed by atoms with E-state index in [1.165, 1.54) is 13.2 Å². The molecule has 6 nitrogen and oxygen atoms in total. The Morgan fingerprint density at radius 1 is 1.59 bits per heavy atom. The zero-order valence-electron chi connectivity index (χ0n) is 9.39. The molecule has 0 aliphatic rings. The van der Waals surface area contributed by atoms with Crippen molar-refractivity contribution in [2.75, 3.05) is 7.11 Å². The number of carbonyl (C=O) groups excluding carboxylic acids is 1. The predicted octanol–water partition coefficient (Wildman–Crippen LogP) is 1.82. The molecule has 0 aliphatic heterocycles. The van der Waals surface area contributed by atoms with E-state index in [-0.39, 0.29) is 16.8 Å². The summed E-state index contributed by atoms with van der Waals surface area (Å²) in [5, 5.41) is 19.5. The van der Waals surface area contributed by atoms with Crippen LogP contribution in [-0.2, 0) is 11.2 Å². The van der Waals surface area contributed by atoms with Gasteiger partial charge in [-0.1, -0.05) is 6.92 Å². The molecule has 0 spiro atoms. The fourth-order valence-electron chi connectivity index (χ4n) is 1.47. The van der Waals surface area contributed by atoms with Crippen molar-refractivity contribution in [1.82, 2.24) is 0 Å². The minimum Gasteiger partial charge on any atom is -0.465 e. The third kappa shape index (κ3) is 2.39.